The minimum absolute atomic E-state index is 0.0574. The first-order valence-corrected chi connectivity index (χ1v) is 16.0. The number of rotatable bonds is 2. The molecule has 2 atom stereocenters. The fourth-order valence-electron chi connectivity index (χ4n) is 4.49. The first-order valence-electron chi connectivity index (χ1n) is 16.0. The molecule has 11 nitrogen and oxygen atoms in total. The van der Waals surface area contributed by atoms with Crippen LogP contribution in [-0.2, 0) is 19.1 Å². The van der Waals surface area contributed by atoms with Crippen LogP contribution < -0.4 is 10.9 Å². The van der Waals surface area contributed by atoms with Crippen molar-refractivity contribution in [3.8, 4) is 0 Å². The van der Waals surface area contributed by atoms with Gasteiger partial charge in [-0.15, -0.1) is 0 Å². The number of nitrogens with one attached hydrogen (secondary N) is 2. The maximum atomic E-state index is 12.6. The minimum Gasteiger partial charge on any atom is -0.461 e. The normalized spacial score (nSPS) is 24.3. The minimum atomic E-state index is -0.588. The van der Waals surface area contributed by atoms with Gasteiger partial charge in [0.1, 0.15) is 11.4 Å². The van der Waals surface area contributed by atoms with E-state index in [1.165, 1.54) is 12.1 Å². The summed E-state index contributed by atoms with van der Waals surface area (Å²) in [6.45, 7) is 12.7. The van der Waals surface area contributed by atoms with Crippen molar-refractivity contribution in [2.24, 2.45) is 33.9 Å². The van der Waals surface area contributed by atoms with Gasteiger partial charge < -0.3 is 9.47 Å². The zero-order valence-corrected chi connectivity index (χ0v) is 27.3. The fraction of sp³-hybridized carbons (Fsp3) is 0.667. The Kier molecular flexibility index (Phi) is 16.3. The average Bonchev–Trinajstić information content (AvgIpc) is 2.98. The lowest BCUT2D eigenvalue weighted by Gasteiger charge is -2.15. The predicted octanol–water partition coefficient (Wildman–Crippen LogP) is 5.84. The molecule has 1 aliphatic heterocycles. The molecule has 2 N–H and O–H groups in total. The molecule has 0 aliphatic carbocycles. The van der Waals surface area contributed by atoms with Crippen LogP contribution in [0.3, 0.4) is 0 Å². The van der Waals surface area contributed by atoms with Crippen molar-refractivity contribution < 1.29 is 28.7 Å². The van der Waals surface area contributed by atoms with Gasteiger partial charge in [-0.2, -0.15) is 10.2 Å². The van der Waals surface area contributed by atoms with E-state index >= 15 is 0 Å². The number of aromatic nitrogens is 1. The molecule has 0 aromatic carbocycles. The molecule has 11 heteroatoms. The molecule has 0 spiro atoms. The molecule has 0 radical (unpaired) electrons. The number of carbonyl (C=O) groups is 4. The molecule has 2 amide bonds. The van der Waals surface area contributed by atoms with Gasteiger partial charge >= 0.3 is 11.9 Å². The van der Waals surface area contributed by atoms with E-state index in [2.05, 4.69) is 39.9 Å². The third kappa shape index (κ3) is 14.2. The standard InChI is InChI=1S/C33H51N5O6/c1-22(2)26-16-14-24(5)18-20-43-32(41)28-10-9-11-29(34-28)33(42)44-21-19-25(6)15-17-27(23(3)4)36-38-31(40)13-8-7-12-30(39)37-35-26/h9-11,22-25H,7-8,12-21H2,1-6H3,(H,37,39)(H,38,40)/b35-26+,36-27+/t24-,25-/m1/s1. The first kappa shape index (κ1) is 36.6. The fourth-order valence-corrected chi connectivity index (χ4v) is 4.49. The van der Waals surface area contributed by atoms with E-state index in [1.807, 2.05) is 27.7 Å². The van der Waals surface area contributed by atoms with E-state index in [9.17, 15) is 19.2 Å². The number of carbonyl (C=O) groups excluding carboxylic acids is 4. The second kappa shape index (κ2) is 19.6. The van der Waals surface area contributed by atoms with Crippen molar-refractivity contribution in [1.29, 1.82) is 0 Å². The van der Waals surface area contributed by atoms with Gasteiger partial charge in [-0.1, -0.05) is 47.6 Å². The van der Waals surface area contributed by atoms with Gasteiger partial charge in [0.2, 0.25) is 11.8 Å². The maximum absolute atomic E-state index is 12.6. The zero-order valence-electron chi connectivity index (χ0n) is 27.3. The molecule has 0 fully saturated rings. The molecule has 0 saturated carbocycles. The molecule has 244 valence electrons. The Labute approximate surface area is 262 Å². The van der Waals surface area contributed by atoms with E-state index in [1.54, 1.807) is 6.07 Å². The summed E-state index contributed by atoms with van der Waals surface area (Å²) in [4.78, 5) is 54.1. The lowest BCUT2D eigenvalue weighted by Crippen LogP contribution is -2.23. The van der Waals surface area contributed by atoms with Crippen LogP contribution in [-0.4, -0.2) is 53.4 Å². The Bertz CT molecular complexity index is 1080. The number of pyridine rings is 1. The third-order valence-electron chi connectivity index (χ3n) is 7.68. The number of ether oxygens (including phenoxy) is 2. The van der Waals surface area contributed by atoms with Gasteiger partial charge in [0, 0.05) is 24.3 Å². The van der Waals surface area contributed by atoms with Crippen LogP contribution in [0.5, 0.6) is 0 Å². The summed E-state index contributed by atoms with van der Waals surface area (Å²) in [6.07, 6.45) is 6.07. The number of hydrogen-bond acceptors (Lipinski definition) is 9. The van der Waals surface area contributed by atoms with Crippen molar-refractivity contribution in [1.82, 2.24) is 15.8 Å². The summed E-state index contributed by atoms with van der Waals surface area (Å²) in [5.41, 5.74) is 7.24. The van der Waals surface area contributed by atoms with Crippen LogP contribution in [0.4, 0.5) is 0 Å². The Morgan fingerprint density at radius 1 is 0.659 bits per heavy atom. The lowest BCUT2D eigenvalue weighted by atomic mass is 9.96. The number of nitrogens with zero attached hydrogens (tertiary/aromatic N) is 3. The Hall–Kier alpha value is -3.63. The van der Waals surface area contributed by atoms with E-state index in [-0.39, 0.29) is 72.9 Å². The maximum Gasteiger partial charge on any atom is 0.356 e. The van der Waals surface area contributed by atoms with E-state index < -0.39 is 11.9 Å². The molecule has 1 aliphatic rings. The lowest BCUT2D eigenvalue weighted by molar-refractivity contribution is -0.123. The van der Waals surface area contributed by atoms with Gasteiger partial charge in [-0.3, -0.25) is 9.59 Å². The molecular formula is C33H51N5O6. The Morgan fingerprint density at radius 2 is 1.07 bits per heavy atom. The zero-order chi connectivity index (χ0) is 32.5. The van der Waals surface area contributed by atoms with Crippen LogP contribution >= 0.6 is 0 Å². The smallest absolute Gasteiger partial charge is 0.356 e. The third-order valence-corrected chi connectivity index (χ3v) is 7.68. The van der Waals surface area contributed by atoms with Gasteiger partial charge in [0.05, 0.1) is 13.2 Å². The summed E-state index contributed by atoms with van der Waals surface area (Å²) in [5, 5.41) is 8.75. The molecule has 2 bridgehead atoms. The highest BCUT2D eigenvalue weighted by Gasteiger charge is 2.17. The number of amides is 2. The van der Waals surface area contributed by atoms with E-state index in [0.29, 0.717) is 38.5 Å². The molecule has 44 heavy (non-hydrogen) atoms. The second-order valence-electron chi connectivity index (χ2n) is 12.3. The van der Waals surface area contributed by atoms with Gasteiger partial charge in [-0.25, -0.2) is 25.4 Å². The molecule has 0 saturated heterocycles. The van der Waals surface area contributed by atoms with E-state index in [4.69, 9.17) is 9.47 Å². The second-order valence-corrected chi connectivity index (χ2v) is 12.3. The summed E-state index contributed by atoms with van der Waals surface area (Å²) >= 11 is 0. The molecule has 0 unspecified atom stereocenters. The van der Waals surface area contributed by atoms with Crippen LogP contribution in [0.15, 0.2) is 28.4 Å². The first-order chi connectivity index (χ1) is 21.0. The summed E-state index contributed by atoms with van der Waals surface area (Å²) in [7, 11) is 0. The number of cyclic esters (lactones) is 2. The summed E-state index contributed by atoms with van der Waals surface area (Å²) in [5.74, 6) is -0.690. The predicted molar refractivity (Wildman–Crippen MR) is 170 cm³/mol. The highest BCUT2D eigenvalue weighted by molar-refractivity contribution is 5.91. The quantitative estimate of drug-likeness (QED) is 0.398. The Balaban J connectivity index is 2.09. The van der Waals surface area contributed by atoms with Crippen LogP contribution in [0, 0.1) is 23.7 Å². The van der Waals surface area contributed by atoms with Crippen molar-refractivity contribution in [3.63, 3.8) is 0 Å². The van der Waals surface area contributed by atoms with Crippen molar-refractivity contribution in [3.05, 3.63) is 29.6 Å². The largest absolute Gasteiger partial charge is 0.461 e. The Morgan fingerprint density at radius 3 is 1.45 bits per heavy atom. The highest BCUT2D eigenvalue weighted by Crippen LogP contribution is 2.16. The van der Waals surface area contributed by atoms with Gasteiger partial charge in [-0.05, 0) is 87.2 Å². The van der Waals surface area contributed by atoms with Crippen molar-refractivity contribution in [2.75, 3.05) is 13.2 Å². The number of fused-ring (bicyclic) bond motifs is 2. The highest BCUT2D eigenvalue weighted by atomic mass is 16.5. The topological polar surface area (TPSA) is 148 Å². The number of esters is 2. The van der Waals surface area contributed by atoms with Gasteiger partial charge in [0.15, 0.2) is 0 Å². The average molecular weight is 614 g/mol. The van der Waals surface area contributed by atoms with Crippen LogP contribution in [0.25, 0.3) is 0 Å². The monoisotopic (exact) mass is 613 g/mol. The molecular weight excluding hydrogens is 562 g/mol. The van der Waals surface area contributed by atoms with Crippen molar-refractivity contribution in [2.45, 2.75) is 106 Å². The van der Waals surface area contributed by atoms with Crippen LogP contribution in [0.2, 0.25) is 0 Å². The summed E-state index contributed by atoms with van der Waals surface area (Å²) in [6, 6.07) is 4.62. The van der Waals surface area contributed by atoms with Gasteiger partial charge in [0.25, 0.3) is 0 Å². The molecule has 1 aromatic heterocycles. The van der Waals surface area contributed by atoms with Crippen LogP contribution in [0.1, 0.15) is 127 Å². The number of hydrazone groups is 2. The molecule has 2 heterocycles. The SMILES string of the molecule is CC(C)/C1=N/NC(=O)CCCCC(=O)N/N=C(/C(C)C)CC[C@@H](C)CCOC(=O)c2cccc(n2)C(=O)OCC[C@H](C)CC1. The van der Waals surface area contributed by atoms with Crippen molar-refractivity contribution >= 4 is 35.2 Å². The molecule has 1 aromatic rings. The van der Waals surface area contributed by atoms with E-state index in [0.717, 1.165) is 24.3 Å². The molecule has 2 rings (SSSR count). The number of hydrogen-bond donors (Lipinski definition) is 2. The summed E-state index contributed by atoms with van der Waals surface area (Å²) < 4.78 is 10.9.